The number of hydrogen-bond donors (Lipinski definition) is 0. The van der Waals surface area contributed by atoms with Crippen LogP contribution in [0.5, 0.6) is 0 Å². The molecule has 3 nitrogen and oxygen atoms in total. The smallest absolute Gasteiger partial charge is 0.272 e. The van der Waals surface area contributed by atoms with Crippen LogP contribution in [-0.4, -0.2) is 29.7 Å². The summed E-state index contributed by atoms with van der Waals surface area (Å²) in [6.07, 6.45) is 2.49. The number of benzene rings is 1. The molecule has 0 N–H and O–H groups in total. The Morgan fingerprint density at radius 2 is 1.76 bits per heavy atom. The van der Waals surface area contributed by atoms with Gasteiger partial charge in [-0.3, -0.25) is 0 Å². The van der Waals surface area contributed by atoms with Crippen LogP contribution >= 0.6 is 0 Å². The summed E-state index contributed by atoms with van der Waals surface area (Å²) in [6.45, 7) is 4.62. The molecule has 0 heterocycles. The highest BCUT2D eigenvalue weighted by molar-refractivity contribution is 5.98. The molecule has 1 aromatic rings. The Hall–Kier alpha value is -0.823. The Kier molecular flexibility index (Phi) is 8.03. The van der Waals surface area contributed by atoms with Crippen molar-refractivity contribution in [2.45, 2.75) is 45.5 Å². The van der Waals surface area contributed by atoms with Gasteiger partial charge in [0.25, 0.3) is 16.5 Å². The van der Waals surface area contributed by atoms with Crippen LogP contribution in [0.2, 0.25) is 0 Å². The van der Waals surface area contributed by atoms with Crippen molar-refractivity contribution < 1.29 is 22.7 Å². The zero-order chi connectivity index (χ0) is 15.7. The summed E-state index contributed by atoms with van der Waals surface area (Å²) >= 11 is 0. The van der Waals surface area contributed by atoms with Gasteiger partial charge in [-0.05, 0) is 44.7 Å². The molecule has 1 rings (SSSR count). The average Bonchev–Trinajstić information content (AvgIpc) is 2.45. The molecular formula is C15H21F2O3Si. The molecule has 0 fully saturated rings. The maximum atomic E-state index is 13.5. The maximum absolute atomic E-state index is 13.5. The molecule has 0 atom stereocenters. The molecule has 0 aromatic heterocycles. The van der Waals surface area contributed by atoms with E-state index in [2.05, 4.69) is 10.5 Å². The third-order valence-electron chi connectivity index (χ3n) is 3.08. The van der Waals surface area contributed by atoms with E-state index in [1.807, 2.05) is 13.8 Å². The van der Waals surface area contributed by atoms with Crippen molar-refractivity contribution in [1.29, 1.82) is 0 Å². The first-order chi connectivity index (χ1) is 10.1. The van der Waals surface area contributed by atoms with E-state index in [4.69, 9.17) is 13.9 Å². The van der Waals surface area contributed by atoms with Gasteiger partial charge in [0, 0.05) is 25.7 Å². The Morgan fingerprint density at radius 1 is 1.10 bits per heavy atom. The Bertz CT molecular complexity index is 423. The van der Waals surface area contributed by atoms with E-state index in [1.165, 1.54) is 12.1 Å². The maximum Gasteiger partial charge on any atom is 0.272 e. The van der Waals surface area contributed by atoms with Gasteiger partial charge in [0.05, 0.1) is 0 Å². The van der Waals surface area contributed by atoms with Gasteiger partial charge in [-0.1, -0.05) is 6.07 Å². The van der Waals surface area contributed by atoms with Crippen molar-refractivity contribution in [3.05, 3.63) is 35.4 Å². The van der Waals surface area contributed by atoms with E-state index in [-0.39, 0.29) is 0 Å². The minimum atomic E-state index is -1.11. The van der Waals surface area contributed by atoms with Crippen LogP contribution in [0.25, 0.3) is 0 Å². The summed E-state index contributed by atoms with van der Waals surface area (Å²) in [5.41, 5.74) is 0.508. The summed E-state index contributed by atoms with van der Waals surface area (Å²) in [4.78, 5) is 0. The molecule has 3 radical (unpaired) electrons. The lowest BCUT2D eigenvalue weighted by Gasteiger charge is -2.31. The Balaban J connectivity index is 2.46. The molecule has 0 saturated carbocycles. The van der Waals surface area contributed by atoms with Gasteiger partial charge in [-0.25, -0.2) is 8.78 Å². The van der Waals surface area contributed by atoms with Gasteiger partial charge in [-0.2, -0.15) is 0 Å². The van der Waals surface area contributed by atoms with Crippen molar-refractivity contribution in [3.63, 3.8) is 0 Å². The molecule has 117 valence electrons. The third-order valence-corrected chi connectivity index (χ3v) is 3.39. The molecule has 1 aromatic carbocycles. The van der Waals surface area contributed by atoms with Gasteiger partial charge in [0.15, 0.2) is 0 Å². The summed E-state index contributed by atoms with van der Waals surface area (Å²) in [5, 5.41) is 0. The minimum Gasteiger partial charge on any atom is -0.371 e. The van der Waals surface area contributed by atoms with Crippen LogP contribution in [0, 0.1) is 11.6 Å². The molecule has 0 amide bonds. The van der Waals surface area contributed by atoms with Crippen molar-refractivity contribution in [3.8, 4) is 0 Å². The second-order valence-corrected chi connectivity index (χ2v) is 4.80. The highest BCUT2D eigenvalue weighted by Crippen LogP contribution is 2.23. The summed E-state index contributed by atoms with van der Waals surface area (Å²) in [7, 11) is 2.99. The van der Waals surface area contributed by atoms with E-state index in [0.29, 0.717) is 31.6 Å². The number of hydrogen-bond acceptors (Lipinski definition) is 3. The summed E-state index contributed by atoms with van der Waals surface area (Å²) in [6, 6.07) is 3.65. The standard InChI is InChI=1S/C15H21F2O3Si/c1-3-18-15(20-21,19-4-2)10-6-5-7-12-8-9-13(16)11-14(12)17/h8-9,11H,3-7,10H2,1-2H3. The lowest BCUT2D eigenvalue weighted by atomic mass is 10.1. The quantitative estimate of drug-likeness (QED) is 0.376. The van der Waals surface area contributed by atoms with Gasteiger partial charge in [-0.15, -0.1) is 0 Å². The zero-order valence-corrected chi connectivity index (χ0v) is 13.5. The lowest BCUT2D eigenvalue weighted by molar-refractivity contribution is -0.344. The van der Waals surface area contributed by atoms with Crippen molar-refractivity contribution in [2.75, 3.05) is 13.2 Å². The second kappa shape index (κ2) is 9.25. The fourth-order valence-corrected chi connectivity index (χ4v) is 2.34. The predicted octanol–water partition coefficient (Wildman–Crippen LogP) is 3.50. The van der Waals surface area contributed by atoms with Gasteiger partial charge < -0.3 is 13.9 Å². The fourth-order valence-electron chi connectivity index (χ4n) is 2.12. The molecule has 0 aliphatic heterocycles. The highest BCUT2D eigenvalue weighted by atomic mass is 28.2. The molecule has 0 spiro atoms. The minimum absolute atomic E-state index is 0.455. The molecule has 0 unspecified atom stereocenters. The lowest BCUT2D eigenvalue weighted by Crippen LogP contribution is -2.38. The van der Waals surface area contributed by atoms with Crippen LogP contribution in [0.3, 0.4) is 0 Å². The predicted molar refractivity (Wildman–Crippen MR) is 76.7 cm³/mol. The normalized spacial score (nSPS) is 11.9. The third kappa shape index (κ3) is 5.82. The van der Waals surface area contributed by atoms with Gasteiger partial charge in [0.1, 0.15) is 11.6 Å². The zero-order valence-electron chi connectivity index (χ0n) is 12.5. The van der Waals surface area contributed by atoms with E-state index in [1.54, 1.807) is 0 Å². The average molecular weight is 315 g/mol. The molecule has 0 aliphatic carbocycles. The number of halogens is 2. The Labute approximate surface area is 128 Å². The monoisotopic (exact) mass is 315 g/mol. The fraction of sp³-hybridized carbons (Fsp3) is 0.600. The van der Waals surface area contributed by atoms with Crippen LogP contribution in [0.4, 0.5) is 8.78 Å². The first-order valence-corrected chi connectivity index (χ1v) is 7.54. The number of ether oxygens (including phenoxy) is 2. The SMILES string of the molecule is CCOC(CCCCc1ccc(F)cc1F)(O[Si])OCC. The number of rotatable bonds is 10. The highest BCUT2D eigenvalue weighted by Gasteiger charge is 2.30. The first kappa shape index (κ1) is 18.2. The van der Waals surface area contributed by atoms with E-state index >= 15 is 0 Å². The topological polar surface area (TPSA) is 27.7 Å². The molecule has 6 heteroatoms. The van der Waals surface area contributed by atoms with E-state index in [0.717, 1.165) is 18.9 Å². The second-order valence-electron chi connectivity index (χ2n) is 4.59. The molecule has 21 heavy (non-hydrogen) atoms. The van der Waals surface area contributed by atoms with Crippen LogP contribution in [-0.2, 0) is 20.3 Å². The molecule has 0 bridgehead atoms. The molecule has 0 aliphatic rings. The van der Waals surface area contributed by atoms with Crippen LogP contribution < -0.4 is 0 Å². The summed E-state index contributed by atoms with van der Waals surface area (Å²) in [5.74, 6) is -2.18. The van der Waals surface area contributed by atoms with Crippen molar-refractivity contribution in [2.24, 2.45) is 0 Å². The van der Waals surface area contributed by atoms with Crippen molar-refractivity contribution >= 4 is 10.5 Å². The number of aryl methyl sites for hydroxylation is 1. The molecular weight excluding hydrogens is 294 g/mol. The van der Waals surface area contributed by atoms with E-state index < -0.39 is 17.6 Å². The summed E-state index contributed by atoms with van der Waals surface area (Å²) < 4.78 is 42.4. The van der Waals surface area contributed by atoms with Gasteiger partial charge >= 0.3 is 0 Å². The van der Waals surface area contributed by atoms with Crippen molar-refractivity contribution in [1.82, 2.24) is 0 Å². The number of unbranched alkanes of at least 4 members (excludes halogenated alkanes) is 1. The van der Waals surface area contributed by atoms with Crippen LogP contribution in [0.1, 0.15) is 38.7 Å². The van der Waals surface area contributed by atoms with Crippen LogP contribution in [0.15, 0.2) is 18.2 Å². The Morgan fingerprint density at radius 3 is 2.29 bits per heavy atom. The largest absolute Gasteiger partial charge is 0.371 e. The first-order valence-electron chi connectivity index (χ1n) is 7.13. The van der Waals surface area contributed by atoms with E-state index in [9.17, 15) is 8.78 Å². The molecule has 0 saturated heterocycles. The van der Waals surface area contributed by atoms with Gasteiger partial charge in [0.2, 0.25) is 0 Å².